The fourth-order valence-corrected chi connectivity index (χ4v) is 5.72. The highest BCUT2D eigenvalue weighted by Crippen LogP contribution is 2.42. The zero-order valence-electron chi connectivity index (χ0n) is 29.2. The van der Waals surface area contributed by atoms with Crippen molar-refractivity contribution in [2.75, 3.05) is 38.4 Å². The maximum Gasteiger partial charge on any atom is 0.513 e. The van der Waals surface area contributed by atoms with Crippen molar-refractivity contribution in [3.63, 3.8) is 0 Å². The van der Waals surface area contributed by atoms with Crippen LogP contribution in [0.25, 0.3) is 0 Å². The Balaban J connectivity index is 1.39. The second-order valence-electron chi connectivity index (χ2n) is 12.1. The van der Waals surface area contributed by atoms with E-state index in [1.807, 2.05) is 24.3 Å². The van der Waals surface area contributed by atoms with Crippen LogP contribution in [0.15, 0.2) is 121 Å². The van der Waals surface area contributed by atoms with Gasteiger partial charge in [-0.3, -0.25) is 4.79 Å². The molecular weight excluding hydrogens is 630 g/mol. The van der Waals surface area contributed by atoms with Crippen LogP contribution in [0, 0.1) is 13.8 Å². The van der Waals surface area contributed by atoms with Gasteiger partial charge in [0, 0.05) is 29.4 Å². The van der Waals surface area contributed by atoms with E-state index in [1.54, 1.807) is 19.2 Å². The molecule has 5 aromatic carbocycles. The number of nitrogens with zero attached hydrogens (tertiary/aromatic N) is 1. The molecular formula is C42H43NO7. The van der Waals surface area contributed by atoms with Gasteiger partial charge in [0.25, 0.3) is 0 Å². The van der Waals surface area contributed by atoms with Gasteiger partial charge in [0.2, 0.25) is 0 Å². The Hall–Kier alpha value is -5.60. The molecule has 0 aromatic heterocycles. The third-order valence-corrected chi connectivity index (χ3v) is 8.57. The number of rotatable bonds is 14. The lowest BCUT2D eigenvalue weighted by Crippen LogP contribution is -2.25. The standard InChI is InChI=1S/C42H43NO7/c1-30-6-16-36(17-7-30)43(37-18-8-31(2)9-19-37)38-20-10-33(11-21-38)42(4,34-12-22-39(46-5)23-13-34)35-14-24-40(25-15-35)50-41(45)49-29-27-47-26-28-48-32(3)44/h6-25H,26-29H2,1-5H3. The van der Waals surface area contributed by atoms with Gasteiger partial charge in [-0.1, -0.05) is 71.8 Å². The van der Waals surface area contributed by atoms with Gasteiger partial charge < -0.3 is 28.6 Å². The van der Waals surface area contributed by atoms with Crippen molar-refractivity contribution in [3.05, 3.63) is 149 Å². The molecule has 0 amide bonds. The number of carbonyl (C=O) groups is 2. The number of benzene rings is 5. The predicted octanol–water partition coefficient (Wildman–Crippen LogP) is 9.23. The van der Waals surface area contributed by atoms with E-state index in [0.717, 1.165) is 39.5 Å². The van der Waals surface area contributed by atoms with Crippen molar-refractivity contribution in [2.45, 2.75) is 33.1 Å². The molecule has 50 heavy (non-hydrogen) atoms. The molecule has 0 heterocycles. The summed E-state index contributed by atoms with van der Waals surface area (Å²) in [5.41, 5.74) is 8.19. The summed E-state index contributed by atoms with van der Waals surface area (Å²) in [6, 6.07) is 41.3. The van der Waals surface area contributed by atoms with Crippen molar-refractivity contribution in [1.29, 1.82) is 0 Å². The molecule has 0 saturated carbocycles. The fraction of sp³-hybridized carbons (Fsp3) is 0.238. The SMILES string of the molecule is COc1ccc(C(C)(c2ccc(OC(=O)OCCOCCOC(C)=O)cc2)c2ccc(N(c3ccc(C)cc3)c3ccc(C)cc3)cc2)cc1. The van der Waals surface area contributed by atoms with Gasteiger partial charge in [-0.2, -0.15) is 0 Å². The highest BCUT2D eigenvalue weighted by Gasteiger charge is 2.32. The molecule has 1 unspecified atom stereocenters. The van der Waals surface area contributed by atoms with Crippen molar-refractivity contribution in [2.24, 2.45) is 0 Å². The van der Waals surface area contributed by atoms with Crippen LogP contribution in [-0.2, 0) is 24.4 Å². The molecule has 0 aliphatic carbocycles. The second kappa shape index (κ2) is 16.7. The van der Waals surface area contributed by atoms with Crippen LogP contribution in [-0.4, -0.2) is 45.7 Å². The second-order valence-corrected chi connectivity index (χ2v) is 12.1. The van der Waals surface area contributed by atoms with Crippen LogP contribution in [0.5, 0.6) is 11.5 Å². The number of esters is 1. The molecule has 0 aliphatic heterocycles. The van der Waals surface area contributed by atoms with E-state index in [0.29, 0.717) is 5.75 Å². The van der Waals surface area contributed by atoms with Crippen molar-refractivity contribution >= 4 is 29.2 Å². The minimum absolute atomic E-state index is 0.00772. The summed E-state index contributed by atoms with van der Waals surface area (Å²) >= 11 is 0. The van der Waals surface area contributed by atoms with Gasteiger partial charge in [0.15, 0.2) is 0 Å². The number of anilines is 3. The third kappa shape index (κ3) is 8.89. The molecule has 0 spiro atoms. The van der Waals surface area contributed by atoms with E-state index in [2.05, 4.69) is 111 Å². The highest BCUT2D eigenvalue weighted by molar-refractivity contribution is 5.77. The fourth-order valence-electron chi connectivity index (χ4n) is 5.72. The van der Waals surface area contributed by atoms with E-state index in [1.165, 1.54) is 18.1 Å². The average Bonchev–Trinajstić information content (AvgIpc) is 3.13. The molecule has 5 rings (SSSR count). The van der Waals surface area contributed by atoms with Gasteiger partial charge in [0.1, 0.15) is 24.7 Å². The minimum Gasteiger partial charge on any atom is -0.497 e. The Morgan fingerprint density at radius 2 is 0.960 bits per heavy atom. The minimum atomic E-state index is -0.832. The quantitative estimate of drug-likeness (QED) is 0.0499. The Bertz CT molecular complexity index is 1790. The normalized spacial score (nSPS) is 12.0. The first-order valence-corrected chi connectivity index (χ1v) is 16.5. The van der Waals surface area contributed by atoms with E-state index in [9.17, 15) is 9.59 Å². The Morgan fingerprint density at radius 3 is 1.40 bits per heavy atom. The van der Waals surface area contributed by atoms with Crippen molar-refractivity contribution in [1.82, 2.24) is 0 Å². The molecule has 258 valence electrons. The number of aryl methyl sites for hydroxylation is 2. The molecule has 0 fully saturated rings. The average molecular weight is 674 g/mol. The molecule has 5 aromatic rings. The van der Waals surface area contributed by atoms with Crippen LogP contribution < -0.4 is 14.4 Å². The first-order valence-electron chi connectivity index (χ1n) is 16.5. The topological polar surface area (TPSA) is 83.5 Å². The van der Waals surface area contributed by atoms with Gasteiger partial charge >= 0.3 is 12.1 Å². The van der Waals surface area contributed by atoms with E-state index >= 15 is 0 Å². The van der Waals surface area contributed by atoms with Gasteiger partial charge in [0.05, 0.1) is 20.3 Å². The van der Waals surface area contributed by atoms with Crippen LogP contribution in [0.4, 0.5) is 21.9 Å². The molecule has 1 atom stereocenters. The first-order chi connectivity index (χ1) is 24.2. The number of hydrogen-bond donors (Lipinski definition) is 0. The van der Waals surface area contributed by atoms with Crippen molar-refractivity contribution < 1.29 is 33.3 Å². The summed E-state index contributed by atoms with van der Waals surface area (Å²) in [6.07, 6.45) is -0.832. The van der Waals surface area contributed by atoms with Crippen LogP contribution in [0.1, 0.15) is 41.7 Å². The zero-order chi connectivity index (χ0) is 35.5. The monoisotopic (exact) mass is 673 g/mol. The first kappa shape index (κ1) is 35.7. The molecule has 0 N–H and O–H groups in total. The smallest absolute Gasteiger partial charge is 0.497 e. The van der Waals surface area contributed by atoms with E-state index in [4.69, 9.17) is 23.7 Å². The van der Waals surface area contributed by atoms with E-state index < -0.39 is 11.6 Å². The molecule has 8 heteroatoms. The Morgan fingerprint density at radius 1 is 0.560 bits per heavy atom. The summed E-state index contributed by atoms with van der Waals surface area (Å²) in [5, 5.41) is 0. The maximum absolute atomic E-state index is 12.3. The van der Waals surface area contributed by atoms with Gasteiger partial charge in [-0.05, 0) is 98.1 Å². The number of hydrogen-bond acceptors (Lipinski definition) is 8. The summed E-state index contributed by atoms with van der Waals surface area (Å²) in [6.45, 7) is 8.22. The highest BCUT2D eigenvalue weighted by atomic mass is 16.7. The Kier molecular flexibility index (Phi) is 11.9. The molecule has 8 nitrogen and oxygen atoms in total. The Labute approximate surface area is 294 Å². The molecule has 0 aliphatic rings. The number of ether oxygens (including phenoxy) is 5. The van der Waals surface area contributed by atoms with Gasteiger partial charge in [-0.15, -0.1) is 0 Å². The van der Waals surface area contributed by atoms with Crippen LogP contribution in [0.3, 0.4) is 0 Å². The number of carbonyl (C=O) groups excluding carboxylic acids is 2. The lowest BCUT2D eigenvalue weighted by Gasteiger charge is -2.33. The predicted molar refractivity (Wildman–Crippen MR) is 195 cm³/mol. The lowest BCUT2D eigenvalue weighted by molar-refractivity contribution is -0.142. The summed E-state index contributed by atoms with van der Waals surface area (Å²) in [7, 11) is 1.66. The molecule has 0 bridgehead atoms. The van der Waals surface area contributed by atoms with Gasteiger partial charge in [-0.25, -0.2) is 4.79 Å². The lowest BCUT2D eigenvalue weighted by atomic mass is 9.71. The zero-order valence-corrected chi connectivity index (χ0v) is 29.2. The third-order valence-electron chi connectivity index (χ3n) is 8.57. The summed E-state index contributed by atoms with van der Waals surface area (Å²) < 4.78 is 26.1. The molecule has 0 saturated heterocycles. The van der Waals surface area contributed by atoms with Crippen LogP contribution >= 0.6 is 0 Å². The summed E-state index contributed by atoms with van der Waals surface area (Å²) in [4.78, 5) is 25.4. The largest absolute Gasteiger partial charge is 0.513 e. The maximum atomic E-state index is 12.3. The summed E-state index contributed by atoms with van der Waals surface area (Å²) in [5.74, 6) is 0.755. The molecule has 0 radical (unpaired) electrons. The number of methoxy groups -OCH3 is 1. The van der Waals surface area contributed by atoms with E-state index in [-0.39, 0.29) is 32.4 Å². The van der Waals surface area contributed by atoms with Crippen molar-refractivity contribution in [3.8, 4) is 11.5 Å². The van der Waals surface area contributed by atoms with Crippen LogP contribution in [0.2, 0.25) is 0 Å².